The van der Waals surface area contributed by atoms with E-state index < -0.39 is 40.3 Å². The smallest absolute Gasteiger partial charge is 0.248 e. The molecule has 0 spiro atoms. The number of rotatable bonds is 6. The van der Waals surface area contributed by atoms with E-state index in [0.29, 0.717) is 15.5 Å². The fourth-order valence-corrected chi connectivity index (χ4v) is 5.37. The number of ketones is 1. The van der Waals surface area contributed by atoms with Crippen molar-refractivity contribution in [2.75, 3.05) is 18.1 Å². The molecule has 1 saturated heterocycles. The molecular formula is C23H21BrFN7O4S. The van der Waals surface area contributed by atoms with Gasteiger partial charge in [0.1, 0.15) is 34.9 Å². The number of nitriles is 1. The Kier molecular flexibility index (Phi) is 7.37. The number of carbonyl (C=O) groups is 3. The Morgan fingerprint density at radius 1 is 1.32 bits per heavy atom. The van der Waals surface area contributed by atoms with Crippen molar-refractivity contribution in [1.29, 1.82) is 5.26 Å². The number of hydrogen-bond acceptors (Lipinski definition) is 8. The van der Waals surface area contributed by atoms with Gasteiger partial charge in [-0.1, -0.05) is 6.07 Å². The molecule has 1 aliphatic heterocycles. The molecule has 1 unspecified atom stereocenters. The Balaban J connectivity index is 1.65. The third-order valence-electron chi connectivity index (χ3n) is 5.83. The van der Waals surface area contributed by atoms with Crippen molar-refractivity contribution in [2.45, 2.75) is 37.0 Å². The van der Waals surface area contributed by atoms with Crippen LogP contribution in [0.2, 0.25) is 0 Å². The van der Waals surface area contributed by atoms with Gasteiger partial charge in [-0.3, -0.25) is 19.1 Å². The van der Waals surface area contributed by atoms with Gasteiger partial charge in [-0.2, -0.15) is 10.4 Å². The molecule has 1 aliphatic rings. The quantitative estimate of drug-likeness (QED) is 0.264. The minimum absolute atomic E-state index is 0.0917. The maximum atomic E-state index is 14.4. The van der Waals surface area contributed by atoms with E-state index in [0.717, 1.165) is 4.90 Å². The Bertz CT molecular complexity index is 1590. The molecule has 2 amide bonds. The number of alkyl halides is 1. The zero-order valence-electron chi connectivity index (χ0n) is 19.7. The molecule has 1 aromatic carbocycles. The molecule has 1 fully saturated rings. The number of aromatic nitrogens is 3. The molecule has 0 saturated carbocycles. The second-order valence-electron chi connectivity index (χ2n) is 8.46. The summed E-state index contributed by atoms with van der Waals surface area (Å²) < 4.78 is 32.4. The van der Waals surface area contributed by atoms with Crippen LogP contribution in [0.4, 0.5) is 10.2 Å². The van der Waals surface area contributed by atoms with Crippen LogP contribution in [0.15, 0.2) is 50.3 Å². The third kappa shape index (κ3) is 5.52. The minimum atomic E-state index is -3.05. The highest BCUT2D eigenvalue weighted by Crippen LogP contribution is 2.26. The molecule has 3 heterocycles. The lowest BCUT2D eigenvalue weighted by molar-refractivity contribution is -0.137. The summed E-state index contributed by atoms with van der Waals surface area (Å²) in [6, 6.07) is 8.31. The van der Waals surface area contributed by atoms with Crippen molar-refractivity contribution in [3.8, 4) is 6.19 Å². The number of hydrogen-bond donors (Lipinski definition) is 1. The lowest BCUT2D eigenvalue weighted by Gasteiger charge is -2.23. The first-order valence-electron chi connectivity index (χ1n) is 11.0. The normalized spacial score (nSPS) is 18.7. The van der Waals surface area contributed by atoms with Gasteiger partial charge in [0, 0.05) is 25.0 Å². The topological polar surface area (TPSA) is 150 Å². The summed E-state index contributed by atoms with van der Waals surface area (Å²) in [6.07, 6.45) is 1.25. The summed E-state index contributed by atoms with van der Waals surface area (Å²) in [4.78, 5) is 43.8. The molecule has 3 aromatic rings. The number of halogens is 2. The number of amides is 2. The third-order valence-corrected chi connectivity index (χ3v) is 7.83. The summed E-state index contributed by atoms with van der Waals surface area (Å²) in [5, 5.41) is 16.1. The van der Waals surface area contributed by atoms with Crippen molar-refractivity contribution in [2.24, 2.45) is 4.36 Å². The van der Waals surface area contributed by atoms with E-state index in [1.165, 1.54) is 42.3 Å². The molecule has 192 valence electrons. The average molecular weight is 590 g/mol. The molecule has 0 bridgehead atoms. The van der Waals surface area contributed by atoms with E-state index in [9.17, 15) is 23.0 Å². The Labute approximate surface area is 220 Å². The van der Waals surface area contributed by atoms with E-state index in [4.69, 9.17) is 5.26 Å². The first kappa shape index (κ1) is 26.4. The monoisotopic (exact) mass is 589 g/mol. The van der Waals surface area contributed by atoms with Crippen LogP contribution in [0.3, 0.4) is 0 Å². The van der Waals surface area contributed by atoms with Crippen LogP contribution in [-0.4, -0.2) is 66.5 Å². The SMILES string of the molecule is CC(=O)c1nn(CC(=O)N2C[C@H](F)C[C@H]2C(=O)Nc2cccc(Br)n2)c2cc(S(C)(=O)=NC#N)ccc12. The number of anilines is 1. The van der Waals surface area contributed by atoms with Crippen molar-refractivity contribution in [3.63, 3.8) is 0 Å². The Hall–Kier alpha value is -3.70. The summed E-state index contributed by atoms with van der Waals surface area (Å²) >= 11 is 3.21. The predicted octanol–water partition coefficient (Wildman–Crippen LogP) is 2.91. The van der Waals surface area contributed by atoms with Crippen LogP contribution in [0.25, 0.3) is 10.9 Å². The number of pyridine rings is 1. The molecule has 3 atom stereocenters. The Morgan fingerprint density at radius 3 is 2.76 bits per heavy atom. The van der Waals surface area contributed by atoms with Crippen LogP contribution >= 0.6 is 15.9 Å². The number of Topliss-reactive ketones (excluding diaryl/α,β-unsaturated/α-hetero) is 1. The van der Waals surface area contributed by atoms with Crippen LogP contribution in [0.1, 0.15) is 23.8 Å². The number of nitrogens with one attached hydrogen (secondary N) is 1. The first-order chi connectivity index (χ1) is 17.5. The first-order valence-corrected chi connectivity index (χ1v) is 13.7. The van der Waals surface area contributed by atoms with Gasteiger partial charge in [-0.05, 0) is 46.3 Å². The highest BCUT2D eigenvalue weighted by Gasteiger charge is 2.40. The van der Waals surface area contributed by atoms with Crippen LogP contribution in [0.5, 0.6) is 0 Å². The zero-order chi connectivity index (χ0) is 26.9. The molecule has 0 aliphatic carbocycles. The molecule has 1 N–H and O–H groups in total. The molecule has 2 aromatic heterocycles. The van der Waals surface area contributed by atoms with Gasteiger partial charge in [0.15, 0.2) is 5.78 Å². The highest BCUT2D eigenvalue weighted by molar-refractivity contribution is 9.10. The van der Waals surface area contributed by atoms with Crippen LogP contribution in [0, 0.1) is 11.5 Å². The standard InChI is InChI=1S/C23H21BrFN7O4S/c1-13(33)22-16-7-6-15(37(2,36)27-12-26)9-17(16)32(30-22)11-21(34)31-10-14(25)8-18(31)23(35)29-20-5-3-4-19(24)28-20/h3-7,9,14,18H,8,10-11H2,1-2H3,(H,28,29,35)/t14-,18+,37?/m1/s1. The maximum absolute atomic E-state index is 14.4. The lowest BCUT2D eigenvalue weighted by atomic mass is 10.1. The second-order valence-corrected chi connectivity index (χ2v) is 11.5. The van der Waals surface area contributed by atoms with E-state index in [2.05, 4.69) is 35.7 Å². The Morgan fingerprint density at radius 2 is 2.08 bits per heavy atom. The molecule has 11 nitrogen and oxygen atoms in total. The fourth-order valence-electron chi connectivity index (χ4n) is 4.12. The van der Waals surface area contributed by atoms with Gasteiger partial charge in [0.2, 0.25) is 18.0 Å². The summed E-state index contributed by atoms with van der Waals surface area (Å²) in [7, 11) is -3.05. The van der Waals surface area contributed by atoms with Crippen molar-refractivity contribution < 1.29 is 23.0 Å². The summed E-state index contributed by atoms with van der Waals surface area (Å²) in [6.45, 7) is 0.635. The molecule has 4 rings (SSSR count). The van der Waals surface area contributed by atoms with Gasteiger partial charge in [-0.15, -0.1) is 4.36 Å². The largest absolute Gasteiger partial charge is 0.326 e. The fraction of sp³-hybridized carbons (Fsp3) is 0.304. The molecule has 37 heavy (non-hydrogen) atoms. The average Bonchev–Trinajstić information content (AvgIpc) is 3.40. The van der Waals surface area contributed by atoms with Crippen molar-refractivity contribution in [1.82, 2.24) is 19.7 Å². The van der Waals surface area contributed by atoms with Crippen molar-refractivity contribution >= 4 is 60.0 Å². The minimum Gasteiger partial charge on any atom is -0.326 e. The van der Waals surface area contributed by atoms with Gasteiger partial charge in [0.05, 0.1) is 26.7 Å². The number of nitrogens with zero attached hydrogens (tertiary/aromatic N) is 6. The van der Waals surface area contributed by atoms with Gasteiger partial charge in [0.25, 0.3) is 0 Å². The zero-order valence-corrected chi connectivity index (χ0v) is 22.1. The summed E-state index contributed by atoms with van der Waals surface area (Å²) in [5.41, 5.74) is 0.406. The number of likely N-dealkylation sites (tertiary alicyclic amines) is 1. The molecular weight excluding hydrogens is 569 g/mol. The van der Waals surface area contributed by atoms with E-state index in [1.54, 1.807) is 18.2 Å². The van der Waals surface area contributed by atoms with E-state index in [-0.39, 0.29) is 35.2 Å². The molecule has 0 radical (unpaired) electrons. The molecule has 14 heteroatoms. The second kappa shape index (κ2) is 10.3. The van der Waals surface area contributed by atoms with Gasteiger partial charge < -0.3 is 10.2 Å². The number of benzene rings is 1. The number of carbonyl (C=O) groups excluding carboxylic acids is 3. The van der Waals surface area contributed by atoms with E-state index >= 15 is 0 Å². The van der Waals surface area contributed by atoms with Crippen molar-refractivity contribution in [3.05, 3.63) is 46.7 Å². The lowest BCUT2D eigenvalue weighted by Crippen LogP contribution is -2.44. The predicted molar refractivity (Wildman–Crippen MR) is 136 cm³/mol. The maximum Gasteiger partial charge on any atom is 0.248 e. The highest BCUT2D eigenvalue weighted by atomic mass is 79.9. The van der Waals surface area contributed by atoms with Crippen LogP contribution < -0.4 is 5.32 Å². The summed E-state index contributed by atoms with van der Waals surface area (Å²) in [5.74, 6) is -1.28. The number of fused-ring (bicyclic) bond motifs is 1. The van der Waals surface area contributed by atoms with Gasteiger partial charge >= 0.3 is 0 Å². The van der Waals surface area contributed by atoms with E-state index in [1.807, 2.05) is 0 Å². The van der Waals surface area contributed by atoms with Gasteiger partial charge in [-0.25, -0.2) is 13.6 Å². The van der Waals surface area contributed by atoms with Crippen LogP contribution in [-0.2, 0) is 25.9 Å².